The number of rotatable bonds is 12. The number of unbranched alkanes of at least 4 members (excludes halogenated alkanes) is 3. The van der Waals surface area contributed by atoms with E-state index < -0.39 is 18.4 Å². The summed E-state index contributed by atoms with van der Waals surface area (Å²) in [7, 11) is 0. The summed E-state index contributed by atoms with van der Waals surface area (Å²) in [6.07, 6.45) is 14.7. The van der Waals surface area contributed by atoms with Gasteiger partial charge in [-0.15, -0.1) is 0 Å². The van der Waals surface area contributed by atoms with Gasteiger partial charge in [-0.1, -0.05) is 0 Å². The van der Waals surface area contributed by atoms with E-state index in [1.807, 2.05) is 6.08 Å². The summed E-state index contributed by atoms with van der Waals surface area (Å²) in [6, 6.07) is 0. The fourth-order valence-corrected chi connectivity index (χ4v) is 16.7. The monoisotopic (exact) mass is 372 g/mol. The summed E-state index contributed by atoms with van der Waals surface area (Å²) in [5, 5.41) is 0. The Morgan fingerprint density at radius 1 is 0.737 bits per heavy atom. The first kappa shape index (κ1) is 18.9. The normalized spacial score (nSPS) is 12.6. The van der Waals surface area contributed by atoms with E-state index in [-0.39, 0.29) is 0 Å². The quantitative estimate of drug-likeness (QED) is 0.187. The predicted molar refractivity (Wildman–Crippen MR) is 89.2 cm³/mol. The molecular weight excluding hydrogens is 339 g/mol. The third kappa shape index (κ3) is 9.48. The van der Waals surface area contributed by atoms with Crippen LogP contribution in [-0.4, -0.2) is 24.7 Å². The zero-order chi connectivity index (χ0) is 14.4. The third-order valence-corrected chi connectivity index (χ3v) is 18.0. The Bertz CT molecular complexity index is 247. The second kappa shape index (κ2) is 13.0. The van der Waals surface area contributed by atoms with Crippen molar-refractivity contribution >= 4 is 24.7 Å². The van der Waals surface area contributed by atoms with Crippen molar-refractivity contribution in [3.63, 3.8) is 0 Å². The molecule has 0 aliphatic carbocycles. The molecule has 0 aromatic rings. The number of hydrogen-bond acceptors (Lipinski definition) is 1. The average Bonchev–Trinajstić information content (AvgIpc) is 2.44. The van der Waals surface area contributed by atoms with Crippen LogP contribution in [0.2, 0.25) is 13.3 Å². The van der Waals surface area contributed by atoms with Crippen LogP contribution in [0.25, 0.3) is 0 Å². The summed E-state index contributed by atoms with van der Waals surface area (Å²) >= 11 is -2.08. The average molecular weight is 371 g/mol. The van der Waals surface area contributed by atoms with Crippen LogP contribution in [0.4, 0.5) is 0 Å². The number of allylic oxidation sites excluding steroid dienone is 3. The van der Waals surface area contributed by atoms with E-state index in [9.17, 15) is 4.79 Å². The van der Waals surface area contributed by atoms with Gasteiger partial charge < -0.3 is 0 Å². The first-order chi connectivity index (χ1) is 9.24. The van der Waals surface area contributed by atoms with Crippen LogP contribution in [0.15, 0.2) is 22.3 Å². The Morgan fingerprint density at radius 2 is 1.21 bits per heavy atom. The van der Waals surface area contributed by atoms with Gasteiger partial charge in [0.25, 0.3) is 0 Å². The van der Waals surface area contributed by atoms with Crippen LogP contribution in [0.1, 0.15) is 59.3 Å². The standard InChI is InChI=1S/C5H5O.3C4H9.Sn/c1-2-3-4-5-6;3*1-3-4-2;/h1-5H;3*1,3-4H2,2H3;/b2-1?,4-3+;;;;. The Morgan fingerprint density at radius 3 is 1.58 bits per heavy atom. The second-order valence-electron chi connectivity index (χ2n) is 5.55. The Balaban J connectivity index is 4.79. The number of carbonyl (C=O) groups is 1. The van der Waals surface area contributed by atoms with Gasteiger partial charge in [-0.2, -0.15) is 0 Å². The molecule has 0 fully saturated rings. The molecule has 0 aromatic heterocycles. The topological polar surface area (TPSA) is 17.1 Å². The minimum atomic E-state index is -2.08. The minimum absolute atomic E-state index is 0.867. The van der Waals surface area contributed by atoms with Crippen molar-refractivity contribution in [2.45, 2.75) is 72.6 Å². The van der Waals surface area contributed by atoms with Crippen molar-refractivity contribution < 1.29 is 4.79 Å². The Kier molecular flexibility index (Phi) is 12.9. The summed E-state index contributed by atoms with van der Waals surface area (Å²) in [4.78, 5) is 10.3. The second-order valence-corrected chi connectivity index (χ2v) is 18.6. The van der Waals surface area contributed by atoms with E-state index in [4.69, 9.17) is 0 Å². The molecule has 0 amide bonds. The van der Waals surface area contributed by atoms with Crippen molar-refractivity contribution in [3.05, 3.63) is 22.3 Å². The van der Waals surface area contributed by atoms with E-state index in [2.05, 4.69) is 30.9 Å². The predicted octanol–water partition coefficient (Wildman–Crippen LogP) is 5.69. The van der Waals surface area contributed by atoms with Gasteiger partial charge in [0.2, 0.25) is 0 Å². The zero-order valence-corrected chi connectivity index (χ0v) is 16.0. The molecule has 2 heteroatoms. The Labute approximate surface area is 124 Å². The number of aldehydes is 1. The molecule has 0 saturated carbocycles. The van der Waals surface area contributed by atoms with Crippen molar-refractivity contribution in [3.8, 4) is 0 Å². The van der Waals surface area contributed by atoms with Gasteiger partial charge in [0.15, 0.2) is 0 Å². The summed E-state index contributed by atoms with van der Waals surface area (Å²) in [5.41, 5.74) is 0. The van der Waals surface area contributed by atoms with Crippen LogP contribution in [0, 0.1) is 0 Å². The molecular formula is C17H32OSn. The molecule has 0 aliphatic rings. The van der Waals surface area contributed by atoms with Crippen LogP contribution < -0.4 is 0 Å². The molecule has 0 aliphatic heterocycles. The van der Waals surface area contributed by atoms with Crippen molar-refractivity contribution in [2.75, 3.05) is 0 Å². The third-order valence-electron chi connectivity index (χ3n) is 3.84. The fraction of sp³-hybridized carbons (Fsp3) is 0.706. The van der Waals surface area contributed by atoms with Gasteiger partial charge >= 0.3 is 124 Å². The van der Waals surface area contributed by atoms with Gasteiger partial charge in [0, 0.05) is 0 Å². The molecule has 0 aromatic carbocycles. The van der Waals surface area contributed by atoms with E-state index >= 15 is 0 Å². The molecule has 0 heterocycles. The van der Waals surface area contributed by atoms with Crippen molar-refractivity contribution in [1.82, 2.24) is 0 Å². The maximum atomic E-state index is 10.3. The summed E-state index contributed by atoms with van der Waals surface area (Å²) in [5.74, 6) is 0. The molecule has 0 radical (unpaired) electrons. The maximum absolute atomic E-state index is 10.3. The molecule has 1 nitrogen and oxygen atoms in total. The van der Waals surface area contributed by atoms with E-state index in [0.29, 0.717) is 0 Å². The van der Waals surface area contributed by atoms with E-state index in [0.717, 1.165) is 6.29 Å². The number of carbonyl (C=O) groups excluding carboxylic acids is 1. The zero-order valence-electron chi connectivity index (χ0n) is 13.2. The summed E-state index contributed by atoms with van der Waals surface area (Å²) < 4.78 is 7.07. The SMILES string of the molecule is CCC[CH2][Sn](/[CH]=C/C=C/C=O)([CH2]CCC)[CH2]CCC. The van der Waals surface area contributed by atoms with Crippen molar-refractivity contribution in [1.29, 1.82) is 0 Å². The molecule has 0 spiro atoms. The first-order valence-corrected chi connectivity index (χ1v) is 15.7. The molecule has 19 heavy (non-hydrogen) atoms. The van der Waals surface area contributed by atoms with Crippen LogP contribution >= 0.6 is 0 Å². The molecule has 0 rings (SSSR count). The van der Waals surface area contributed by atoms with Gasteiger partial charge in [-0.05, 0) is 0 Å². The van der Waals surface area contributed by atoms with Gasteiger partial charge in [0.1, 0.15) is 0 Å². The fourth-order valence-electron chi connectivity index (χ4n) is 2.58. The van der Waals surface area contributed by atoms with E-state index in [1.165, 1.54) is 51.8 Å². The Hall–Kier alpha value is -0.0513. The number of hydrogen-bond donors (Lipinski definition) is 0. The molecule has 0 bridgehead atoms. The molecule has 0 unspecified atom stereocenters. The van der Waals surface area contributed by atoms with Gasteiger partial charge in [-0.25, -0.2) is 0 Å². The van der Waals surface area contributed by atoms with Gasteiger partial charge in [-0.3, -0.25) is 0 Å². The molecule has 0 atom stereocenters. The summed E-state index contributed by atoms with van der Waals surface area (Å²) in [6.45, 7) is 6.89. The van der Waals surface area contributed by atoms with Crippen molar-refractivity contribution in [2.24, 2.45) is 0 Å². The first-order valence-electron chi connectivity index (χ1n) is 8.04. The van der Waals surface area contributed by atoms with Crippen LogP contribution in [-0.2, 0) is 4.79 Å². The van der Waals surface area contributed by atoms with Crippen LogP contribution in [0.3, 0.4) is 0 Å². The molecule has 0 N–H and O–H groups in total. The van der Waals surface area contributed by atoms with Crippen LogP contribution in [0.5, 0.6) is 0 Å². The molecule has 110 valence electrons. The van der Waals surface area contributed by atoms with E-state index in [1.54, 1.807) is 6.08 Å². The van der Waals surface area contributed by atoms with Gasteiger partial charge in [0.05, 0.1) is 0 Å². The molecule has 0 saturated heterocycles.